The molecule has 0 saturated carbocycles. The molecular formula is C15H11NO4S. The van der Waals surface area contributed by atoms with Crippen LogP contribution in [0.1, 0.15) is 9.67 Å². The van der Waals surface area contributed by atoms with Crippen LogP contribution in [-0.2, 0) is 0 Å². The van der Waals surface area contributed by atoms with Crippen molar-refractivity contribution in [3.05, 3.63) is 46.8 Å². The van der Waals surface area contributed by atoms with Gasteiger partial charge in [0, 0.05) is 23.0 Å². The van der Waals surface area contributed by atoms with E-state index in [0.29, 0.717) is 17.4 Å². The van der Waals surface area contributed by atoms with Gasteiger partial charge < -0.3 is 14.6 Å². The number of aromatic carboxylic acids is 1. The van der Waals surface area contributed by atoms with Crippen molar-refractivity contribution in [1.82, 2.24) is 4.98 Å². The van der Waals surface area contributed by atoms with E-state index in [1.807, 2.05) is 24.3 Å². The molecule has 0 bridgehead atoms. The monoisotopic (exact) mass is 301 g/mol. The zero-order chi connectivity index (χ0) is 14.8. The summed E-state index contributed by atoms with van der Waals surface area (Å²) < 4.78 is 10.9. The van der Waals surface area contributed by atoms with E-state index < -0.39 is 5.97 Å². The van der Waals surface area contributed by atoms with Crippen molar-refractivity contribution in [2.75, 3.05) is 7.11 Å². The maximum absolute atomic E-state index is 10.9. The summed E-state index contributed by atoms with van der Waals surface area (Å²) in [4.78, 5) is 15.3. The van der Waals surface area contributed by atoms with E-state index in [-0.39, 0.29) is 4.88 Å². The zero-order valence-electron chi connectivity index (χ0n) is 11.1. The van der Waals surface area contributed by atoms with Crippen LogP contribution in [0.15, 0.2) is 41.9 Å². The minimum Gasteiger partial charge on any atom is -0.497 e. The van der Waals surface area contributed by atoms with Crippen molar-refractivity contribution in [2.24, 2.45) is 0 Å². The van der Waals surface area contributed by atoms with Gasteiger partial charge in [0.2, 0.25) is 5.88 Å². The predicted octanol–water partition coefficient (Wildman–Crippen LogP) is 3.80. The quantitative estimate of drug-likeness (QED) is 0.794. The third-order valence-electron chi connectivity index (χ3n) is 2.94. The molecule has 0 fully saturated rings. The summed E-state index contributed by atoms with van der Waals surface area (Å²) in [5.41, 5.74) is 0. The number of hydrogen-bond donors (Lipinski definition) is 1. The van der Waals surface area contributed by atoms with Gasteiger partial charge in [-0.2, -0.15) is 0 Å². The SMILES string of the molecule is COc1ccc2ccnc(Oc3csc(C(=O)O)c3)c2c1. The molecule has 21 heavy (non-hydrogen) atoms. The number of carbonyl (C=O) groups is 1. The molecule has 0 spiro atoms. The topological polar surface area (TPSA) is 68.7 Å². The van der Waals surface area contributed by atoms with E-state index in [1.165, 1.54) is 6.07 Å². The number of rotatable bonds is 4. The lowest BCUT2D eigenvalue weighted by atomic mass is 10.1. The predicted molar refractivity (Wildman–Crippen MR) is 79.6 cm³/mol. The average molecular weight is 301 g/mol. The van der Waals surface area contributed by atoms with Crippen LogP contribution < -0.4 is 9.47 Å². The van der Waals surface area contributed by atoms with Gasteiger partial charge in [-0.15, -0.1) is 11.3 Å². The summed E-state index contributed by atoms with van der Waals surface area (Å²) in [6.07, 6.45) is 1.65. The highest BCUT2D eigenvalue weighted by molar-refractivity contribution is 7.12. The Morgan fingerprint density at radius 1 is 1.24 bits per heavy atom. The second-order valence-corrected chi connectivity index (χ2v) is 5.17. The highest BCUT2D eigenvalue weighted by Gasteiger charge is 2.11. The van der Waals surface area contributed by atoms with Crippen LogP contribution in [0.2, 0.25) is 0 Å². The molecule has 6 heteroatoms. The Morgan fingerprint density at radius 2 is 2.10 bits per heavy atom. The molecule has 0 aliphatic heterocycles. The third kappa shape index (κ3) is 2.66. The number of carboxylic acids is 1. The lowest BCUT2D eigenvalue weighted by Crippen LogP contribution is -1.91. The molecule has 0 aliphatic carbocycles. The van der Waals surface area contributed by atoms with E-state index in [9.17, 15) is 4.79 Å². The summed E-state index contributed by atoms with van der Waals surface area (Å²) >= 11 is 1.11. The first kappa shape index (κ1) is 13.4. The molecule has 0 amide bonds. The fourth-order valence-electron chi connectivity index (χ4n) is 1.93. The lowest BCUT2D eigenvalue weighted by Gasteiger charge is -2.07. The van der Waals surface area contributed by atoms with Crippen LogP contribution in [0.25, 0.3) is 10.8 Å². The summed E-state index contributed by atoms with van der Waals surface area (Å²) in [5.74, 6) is 0.612. The number of fused-ring (bicyclic) bond motifs is 1. The molecule has 1 N–H and O–H groups in total. The molecule has 3 rings (SSSR count). The molecular weight excluding hydrogens is 290 g/mol. The Bertz CT molecular complexity index is 812. The Kier molecular flexibility index (Phi) is 3.45. The van der Waals surface area contributed by atoms with Gasteiger partial charge in [0.25, 0.3) is 0 Å². The smallest absolute Gasteiger partial charge is 0.346 e. The first-order chi connectivity index (χ1) is 10.2. The number of aromatic nitrogens is 1. The number of benzene rings is 1. The number of thiophene rings is 1. The van der Waals surface area contributed by atoms with Gasteiger partial charge in [-0.25, -0.2) is 9.78 Å². The number of ether oxygens (including phenoxy) is 2. The molecule has 0 radical (unpaired) electrons. The summed E-state index contributed by atoms with van der Waals surface area (Å²) in [6, 6.07) is 8.96. The molecule has 0 aliphatic rings. The van der Waals surface area contributed by atoms with Gasteiger partial charge in [-0.3, -0.25) is 0 Å². The van der Waals surface area contributed by atoms with Crippen LogP contribution in [0, 0.1) is 0 Å². The number of nitrogens with zero attached hydrogens (tertiary/aromatic N) is 1. The summed E-state index contributed by atoms with van der Waals surface area (Å²) in [5, 5.41) is 12.3. The Hall–Kier alpha value is -2.60. The standard InChI is InChI=1S/C15H11NO4S/c1-19-10-3-2-9-4-5-16-14(12(9)6-10)20-11-7-13(15(17)18)21-8-11/h2-8H,1H3,(H,17,18). The van der Waals surface area contributed by atoms with E-state index in [1.54, 1.807) is 18.7 Å². The molecule has 2 heterocycles. The third-order valence-corrected chi connectivity index (χ3v) is 3.83. The number of carboxylic acid groups (broad SMARTS) is 1. The average Bonchev–Trinajstić information content (AvgIpc) is 2.96. The highest BCUT2D eigenvalue weighted by Crippen LogP contribution is 2.32. The van der Waals surface area contributed by atoms with Crippen molar-refractivity contribution < 1.29 is 19.4 Å². The maximum Gasteiger partial charge on any atom is 0.346 e. The first-order valence-electron chi connectivity index (χ1n) is 6.10. The van der Waals surface area contributed by atoms with E-state index >= 15 is 0 Å². The summed E-state index contributed by atoms with van der Waals surface area (Å²) in [6.45, 7) is 0. The zero-order valence-corrected chi connectivity index (χ0v) is 11.9. The van der Waals surface area contributed by atoms with E-state index in [0.717, 1.165) is 22.1 Å². The normalized spacial score (nSPS) is 10.5. The van der Waals surface area contributed by atoms with Gasteiger partial charge in [0.05, 0.1) is 7.11 Å². The minimum absolute atomic E-state index is 0.225. The van der Waals surface area contributed by atoms with Crippen molar-refractivity contribution in [1.29, 1.82) is 0 Å². The van der Waals surface area contributed by atoms with Crippen LogP contribution in [-0.4, -0.2) is 23.2 Å². The molecule has 0 atom stereocenters. The number of methoxy groups -OCH3 is 1. The van der Waals surface area contributed by atoms with Crippen molar-refractivity contribution in [3.63, 3.8) is 0 Å². The molecule has 0 saturated heterocycles. The van der Waals surface area contributed by atoms with Gasteiger partial charge in [-0.05, 0) is 23.6 Å². The first-order valence-corrected chi connectivity index (χ1v) is 6.98. The van der Waals surface area contributed by atoms with Crippen LogP contribution in [0.5, 0.6) is 17.4 Å². The Balaban J connectivity index is 2.00. The number of hydrogen-bond acceptors (Lipinski definition) is 5. The lowest BCUT2D eigenvalue weighted by molar-refractivity contribution is 0.0702. The second-order valence-electron chi connectivity index (χ2n) is 4.26. The largest absolute Gasteiger partial charge is 0.497 e. The van der Waals surface area contributed by atoms with Crippen LogP contribution in [0.4, 0.5) is 0 Å². The molecule has 2 aromatic heterocycles. The van der Waals surface area contributed by atoms with E-state index in [4.69, 9.17) is 14.6 Å². The van der Waals surface area contributed by atoms with Crippen molar-refractivity contribution in [3.8, 4) is 17.4 Å². The fraction of sp³-hybridized carbons (Fsp3) is 0.0667. The number of pyridine rings is 1. The molecule has 3 aromatic rings. The maximum atomic E-state index is 10.9. The van der Waals surface area contributed by atoms with Crippen molar-refractivity contribution in [2.45, 2.75) is 0 Å². The highest BCUT2D eigenvalue weighted by atomic mass is 32.1. The second kappa shape index (κ2) is 5.41. The molecule has 0 unspecified atom stereocenters. The molecule has 5 nitrogen and oxygen atoms in total. The van der Waals surface area contributed by atoms with Crippen LogP contribution >= 0.6 is 11.3 Å². The van der Waals surface area contributed by atoms with Gasteiger partial charge in [-0.1, -0.05) is 6.07 Å². The Labute approximate surface area is 124 Å². The Morgan fingerprint density at radius 3 is 2.81 bits per heavy atom. The van der Waals surface area contributed by atoms with Gasteiger partial charge in [0.1, 0.15) is 16.4 Å². The molecule has 1 aromatic carbocycles. The van der Waals surface area contributed by atoms with Gasteiger partial charge in [0.15, 0.2) is 0 Å². The van der Waals surface area contributed by atoms with Gasteiger partial charge >= 0.3 is 5.97 Å². The van der Waals surface area contributed by atoms with E-state index in [2.05, 4.69) is 4.98 Å². The summed E-state index contributed by atoms with van der Waals surface area (Å²) in [7, 11) is 1.59. The minimum atomic E-state index is -0.970. The molecule has 106 valence electrons. The van der Waals surface area contributed by atoms with Crippen LogP contribution in [0.3, 0.4) is 0 Å². The van der Waals surface area contributed by atoms with Crippen molar-refractivity contribution >= 4 is 28.1 Å². The fourth-order valence-corrected chi connectivity index (χ4v) is 2.57.